The number of carbonyl (C=O) groups excluding carboxylic acids is 1. The van der Waals surface area contributed by atoms with Crippen molar-refractivity contribution in [3.8, 4) is 0 Å². The normalized spacial score (nSPS) is 18.3. The van der Waals surface area contributed by atoms with Crippen molar-refractivity contribution in [1.82, 2.24) is 5.32 Å². The molecule has 0 radical (unpaired) electrons. The molecule has 1 heterocycles. The molecule has 0 aliphatic carbocycles. The molecule has 1 aliphatic rings. The third kappa shape index (κ3) is 2.38. The van der Waals surface area contributed by atoms with Crippen molar-refractivity contribution in [2.75, 3.05) is 12.4 Å². The van der Waals surface area contributed by atoms with E-state index in [2.05, 4.69) is 26.2 Å². The lowest BCUT2D eigenvalue weighted by atomic mass is 10.1. The molecular weight excluding hydrogens is 246 g/mol. The van der Waals surface area contributed by atoms with Crippen LogP contribution in [0.15, 0.2) is 28.4 Å². The standard InChI is InChI=1S/C9H10BrN3O/c1-12-4-7-2-6(8(14)3-10)5-13-9(7)11/h2,4-5,11-12H,3H2,1H3/b7-4-,11-9?. The first-order chi connectivity index (χ1) is 6.69. The number of rotatable bonds is 3. The molecule has 0 amide bonds. The summed E-state index contributed by atoms with van der Waals surface area (Å²) in [4.78, 5) is 15.1. The van der Waals surface area contributed by atoms with Crippen LogP contribution < -0.4 is 5.32 Å². The predicted octanol–water partition coefficient (Wildman–Crippen LogP) is 1.04. The van der Waals surface area contributed by atoms with E-state index in [9.17, 15) is 4.79 Å². The number of hydrogen-bond donors (Lipinski definition) is 2. The maximum atomic E-state index is 11.3. The highest BCUT2D eigenvalue weighted by Crippen LogP contribution is 2.10. The highest BCUT2D eigenvalue weighted by Gasteiger charge is 2.12. The number of allylic oxidation sites excluding steroid dienone is 1. The number of nitrogens with one attached hydrogen (secondary N) is 2. The van der Waals surface area contributed by atoms with Crippen molar-refractivity contribution < 1.29 is 4.79 Å². The average Bonchev–Trinajstić information content (AvgIpc) is 2.20. The Kier molecular flexibility index (Phi) is 3.76. The second kappa shape index (κ2) is 4.85. The molecule has 14 heavy (non-hydrogen) atoms. The maximum Gasteiger partial charge on any atom is 0.174 e. The highest BCUT2D eigenvalue weighted by atomic mass is 79.9. The Morgan fingerprint density at radius 2 is 2.50 bits per heavy atom. The molecule has 74 valence electrons. The Morgan fingerprint density at radius 1 is 1.79 bits per heavy atom. The Morgan fingerprint density at radius 3 is 3.07 bits per heavy atom. The molecule has 0 atom stereocenters. The van der Waals surface area contributed by atoms with Gasteiger partial charge < -0.3 is 5.32 Å². The second-order valence-electron chi connectivity index (χ2n) is 2.65. The van der Waals surface area contributed by atoms with Crippen molar-refractivity contribution in [1.29, 1.82) is 5.41 Å². The van der Waals surface area contributed by atoms with Gasteiger partial charge >= 0.3 is 0 Å². The third-order valence-corrected chi connectivity index (χ3v) is 2.17. The molecule has 0 aromatic carbocycles. The summed E-state index contributed by atoms with van der Waals surface area (Å²) in [5.74, 6) is 0.119. The van der Waals surface area contributed by atoms with Crippen molar-refractivity contribution >= 4 is 33.8 Å². The predicted molar refractivity (Wildman–Crippen MR) is 60.2 cm³/mol. The molecule has 0 aromatic rings. The van der Waals surface area contributed by atoms with Crippen LogP contribution in [0.1, 0.15) is 0 Å². The number of carbonyl (C=O) groups is 1. The van der Waals surface area contributed by atoms with Gasteiger partial charge in [0.1, 0.15) is 0 Å². The number of dihydropyridines is 1. The number of aliphatic imine (C=N–C) groups is 1. The highest BCUT2D eigenvalue weighted by molar-refractivity contribution is 9.09. The summed E-state index contributed by atoms with van der Waals surface area (Å²) >= 11 is 3.08. The van der Waals surface area contributed by atoms with Crippen LogP contribution in [-0.4, -0.2) is 30.2 Å². The van der Waals surface area contributed by atoms with E-state index in [1.807, 2.05) is 0 Å². The molecule has 0 saturated carbocycles. The van der Waals surface area contributed by atoms with Gasteiger partial charge in [0.05, 0.1) is 5.33 Å². The van der Waals surface area contributed by atoms with Gasteiger partial charge in [-0.25, -0.2) is 4.99 Å². The van der Waals surface area contributed by atoms with E-state index < -0.39 is 0 Å². The Hall–Kier alpha value is -1.23. The van der Waals surface area contributed by atoms with Crippen LogP contribution in [0.25, 0.3) is 0 Å². The van der Waals surface area contributed by atoms with Gasteiger partial charge in [-0.1, -0.05) is 15.9 Å². The summed E-state index contributed by atoms with van der Waals surface area (Å²) in [5.41, 5.74) is 1.12. The molecule has 1 rings (SSSR count). The van der Waals surface area contributed by atoms with E-state index in [4.69, 9.17) is 5.41 Å². The smallest absolute Gasteiger partial charge is 0.174 e. The zero-order valence-electron chi connectivity index (χ0n) is 7.67. The molecular formula is C9H10BrN3O. The monoisotopic (exact) mass is 255 g/mol. The second-order valence-corrected chi connectivity index (χ2v) is 3.21. The van der Waals surface area contributed by atoms with Gasteiger partial charge in [-0.05, 0) is 6.08 Å². The van der Waals surface area contributed by atoms with Crippen LogP contribution in [-0.2, 0) is 4.79 Å². The molecule has 0 unspecified atom stereocenters. The number of halogens is 1. The maximum absolute atomic E-state index is 11.3. The van der Waals surface area contributed by atoms with Crippen molar-refractivity contribution in [2.45, 2.75) is 0 Å². The number of hydrogen-bond acceptors (Lipinski definition) is 3. The van der Waals surface area contributed by atoms with E-state index in [0.717, 1.165) is 0 Å². The SMILES string of the molecule is CN/C=C1/C=C(C(=O)CBr)C=NC1=N. The van der Waals surface area contributed by atoms with Gasteiger partial charge in [0.2, 0.25) is 0 Å². The van der Waals surface area contributed by atoms with Gasteiger partial charge in [0, 0.05) is 30.6 Å². The first-order valence-electron chi connectivity index (χ1n) is 4.00. The summed E-state index contributed by atoms with van der Waals surface area (Å²) < 4.78 is 0. The van der Waals surface area contributed by atoms with Crippen molar-refractivity contribution in [3.05, 3.63) is 23.4 Å². The van der Waals surface area contributed by atoms with Crippen LogP contribution in [0.5, 0.6) is 0 Å². The van der Waals surface area contributed by atoms with Gasteiger partial charge in [0.25, 0.3) is 0 Å². The Balaban J connectivity index is 2.96. The molecule has 0 saturated heterocycles. The largest absolute Gasteiger partial charge is 0.393 e. The number of alkyl halides is 1. The number of nitrogens with zero attached hydrogens (tertiary/aromatic N) is 1. The summed E-state index contributed by atoms with van der Waals surface area (Å²) in [5, 5.41) is 10.5. The number of ketones is 1. The summed E-state index contributed by atoms with van der Waals surface area (Å²) in [6, 6.07) is 0. The molecule has 0 aromatic heterocycles. The van der Waals surface area contributed by atoms with E-state index >= 15 is 0 Å². The fourth-order valence-corrected chi connectivity index (χ4v) is 1.30. The quantitative estimate of drug-likeness (QED) is 0.741. The summed E-state index contributed by atoms with van der Waals surface area (Å²) in [6.45, 7) is 0. The van der Waals surface area contributed by atoms with Crippen molar-refractivity contribution in [2.24, 2.45) is 4.99 Å². The molecule has 1 aliphatic heterocycles. The van der Waals surface area contributed by atoms with Gasteiger partial charge in [0.15, 0.2) is 11.6 Å². The molecule has 4 nitrogen and oxygen atoms in total. The lowest BCUT2D eigenvalue weighted by molar-refractivity contribution is -0.112. The molecule has 2 N–H and O–H groups in total. The van der Waals surface area contributed by atoms with E-state index in [-0.39, 0.29) is 16.9 Å². The van der Waals surface area contributed by atoms with Crippen LogP contribution in [0.2, 0.25) is 0 Å². The zero-order valence-corrected chi connectivity index (χ0v) is 9.26. The molecule has 0 fully saturated rings. The van der Waals surface area contributed by atoms with Gasteiger partial charge in [-0.2, -0.15) is 0 Å². The molecule has 5 heteroatoms. The summed E-state index contributed by atoms with van der Waals surface area (Å²) in [7, 11) is 1.73. The Labute approximate surface area is 90.4 Å². The third-order valence-electron chi connectivity index (χ3n) is 1.66. The minimum atomic E-state index is -0.0387. The average molecular weight is 256 g/mol. The van der Waals surface area contributed by atoms with Gasteiger partial charge in [-0.3, -0.25) is 10.2 Å². The van der Waals surface area contributed by atoms with E-state index in [1.165, 1.54) is 6.21 Å². The molecule has 0 spiro atoms. The minimum absolute atomic E-state index is 0.0387. The van der Waals surface area contributed by atoms with Crippen LogP contribution in [0.3, 0.4) is 0 Å². The van der Waals surface area contributed by atoms with Crippen LogP contribution >= 0.6 is 15.9 Å². The summed E-state index contributed by atoms with van der Waals surface area (Å²) in [6.07, 6.45) is 4.70. The van der Waals surface area contributed by atoms with Crippen LogP contribution in [0.4, 0.5) is 0 Å². The van der Waals surface area contributed by atoms with Crippen LogP contribution in [0, 0.1) is 5.41 Å². The number of Topliss-reactive ketones (excluding diaryl/α,β-unsaturated/α-hetero) is 1. The van der Waals surface area contributed by atoms with Crippen molar-refractivity contribution in [3.63, 3.8) is 0 Å². The topological polar surface area (TPSA) is 65.3 Å². The first kappa shape index (κ1) is 10.8. The fourth-order valence-electron chi connectivity index (χ4n) is 0.977. The number of amidine groups is 1. The lowest BCUT2D eigenvalue weighted by Crippen LogP contribution is -2.13. The van der Waals surface area contributed by atoms with E-state index in [1.54, 1.807) is 19.3 Å². The first-order valence-corrected chi connectivity index (χ1v) is 5.12. The molecule has 0 bridgehead atoms. The van der Waals surface area contributed by atoms with Gasteiger partial charge in [-0.15, -0.1) is 0 Å². The zero-order chi connectivity index (χ0) is 10.6. The Bertz CT molecular complexity index is 355. The minimum Gasteiger partial charge on any atom is -0.393 e. The lowest BCUT2D eigenvalue weighted by Gasteiger charge is -2.07. The fraction of sp³-hybridized carbons (Fsp3) is 0.222. The van der Waals surface area contributed by atoms with E-state index in [0.29, 0.717) is 11.1 Å².